The van der Waals surface area contributed by atoms with E-state index in [-0.39, 0.29) is 0 Å². The van der Waals surface area contributed by atoms with Gasteiger partial charge in [0.25, 0.3) is 0 Å². The van der Waals surface area contributed by atoms with Crippen LogP contribution in [-0.2, 0) is 6.54 Å². The van der Waals surface area contributed by atoms with Crippen molar-refractivity contribution < 1.29 is 4.57 Å². The summed E-state index contributed by atoms with van der Waals surface area (Å²) in [6.45, 7) is 3.16. The van der Waals surface area contributed by atoms with Crippen LogP contribution in [0.15, 0.2) is 41.2 Å². The van der Waals surface area contributed by atoms with Crippen LogP contribution in [0.1, 0.15) is 19.8 Å². The van der Waals surface area contributed by atoms with Crippen LogP contribution in [0, 0.1) is 0 Å². The fourth-order valence-corrected chi connectivity index (χ4v) is 1.39. The van der Waals surface area contributed by atoms with Gasteiger partial charge in [0.15, 0.2) is 12.4 Å². The maximum Gasteiger partial charge on any atom is 0.168 e. The summed E-state index contributed by atoms with van der Waals surface area (Å²) in [6.07, 6.45) is 8.75. The van der Waals surface area contributed by atoms with Crippen molar-refractivity contribution in [1.29, 1.82) is 0 Å². The maximum absolute atomic E-state index is 3.42. The molecule has 0 radical (unpaired) electrons. The van der Waals surface area contributed by atoms with Crippen molar-refractivity contribution >= 4 is 15.9 Å². The van der Waals surface area contributed by atoms with Crippen LogP contribution < -0.4 is 4.57 Å². The van der Waals surface area contributed by atoms with Gasteiger partial charge in [0.05, 0.1) is 0 Å². The van der Waals surface area contributed by atoms with E-state index in [2.05, 4.69) is 58.0 Å². The minimum atomic E-state index is 1.09. The van der Waals surface area contributed by atoms with Crippen LogP contribution in [0.3, 0.4) is 0 Å². The van der Waals surface area contributed by atoms with E-state index in [1.807, 2.05) is 6.07 Å². The number of rotatable bonds is 4. The van der Waals surface area contributed by atoms with Crippen molar-refractivity contribution in [2.45, 2.75) is 26.3 Å². The smallest absolute Gasteiger partial charge is 0.168 e. The molecule has 0 fully saturated rings. The van der Waals surface area contributed by atoms with Crippen molar-refractivity contribution in [3.63, 3.8) is 0 Å². The second-order valence-corrected chi connectivity index (χ2v) is 4.30. The third-order valence-electron chi connectivity index (χ3n) is 1.82. The largest absolute Gasteiger partial charge is 0.205 e. The van der Waals surface area contributed by atoms with Gasteiger partial charge in [-0.2, -0.15) is 0 Å². The molecular formula is C11H15BrN+. The molecule has 0 amide bonds. The summed E-state index contributed by atoms with van der Waals surface area (Å²) in [6, 6.07) is 6.16. The third kappa shape index (κ3) is 4.83. The molecule has 13 heavy (non-hydrogen) atoms. The van der Waals surface area contributed by atoms with E-state index in [1.165, 1.54) is 10.9 Å². The molecule has 0 saturated carbocycles. The second kappa shape index (κ2) is 5.92. The van der Waals surface area contributed by atoms with Gasteiger partial charge in [0, 0.05) is 18.6 Å². The van der Waals surface area contributed by atoms with E-state index in [9.17, 15) is 0 Å². The van der Waals surface area contributed by atoms with E-state index < -0.39 is 0 Å². The molecule has 1 aromatic heterocycles. The van der Waals surface area contributed by atoms with E-state index >= 15 is 0 Å². The molecular weight excluding hydrogens is 226 g/mol. The van der Waals surface area contributed by atoms with Crippen LogP contribution in [0.4, 0.5) is 0 Å². The average molecular weight is 241 g/mol. The van der Waals surface area contributed by atoms with E-state index in [0.29, 0.717) is 0 Å². The van der Waals surface area contributed by atoms with Gasteiger partial charge in [-0.25, -0.2) is 4.57 Å². The van der Waals surface area contributed by atoms with Crippen LogP contribution in [-0.4, -0.2) is 0 Å². The van der Waals surface area contributed by atoms with Gasteiger partial charge in [-0.1, -0.05) is 28.1 Å². The Morgan fingerprint density at radius 3 is 2.62 bits per heavy atom. The first kappa shape index (κ1) is 10.5. The zero-order valence-corrected chi connectivity index (χ0v) is 9.50. The molecule has 2 heteroatoms. The Kier molecular flexibility index (Phi) is 4.76. The molecule has 70 valence electrons. The standard InChI is InChI=1S/C11H15BrN/c1-11(12)7-3-6-10-13-8-4-2-5-9-13/h2,4-5,7-9H,3,6,10H2,1H3/q+1. The number of unbranched alkanes of at least 4 members (excludes halogenated alkanes) is 1. The molecule has 0 bridgehead atoms. The quantitative estimate of drug-likeness (QED) is 0.563. The van der Waals surface area contributed by atoms with Gasteiger partial charge in [-0.15, -0.1) is 0 Å². The molecule has 0 aliphatic carbocycles. The normalized spacial score (nSPS) is 11.7. The molecule has 0 unspecified atom stereocenters. The molecule has 0 saturated heterocycles. The lowest BCUT2D eigenvalue weighted by Gasteiger charge is -1.93. The predicted octanol–water partition coefficient (Wildman–Crippen LogP) is 3.05. The highest BCUT2D eigenvalue weighted by Crippen LogP contribution is 2.04. The van der Waals surface area contributed by atoms with E-state index in [0.717, 1.165) is 13.0 Å². The minimum Gasteiger partial charge on any atom is -0.205 e. The second-order valence-electron chi connectivity index (χ2n) is 3.05. The summed E-state index contributed by atoms with van der Waals surface area (Å²) in [5.74, 6) is 0. The summed E-state index contributed by atoms with van der Waals surface area (Å²) < 4.78 is 3.43. The molecule has 1 aromatic rings. The summed E-state index contributed by atoms with van der Waals surface area (Å²) in [5, 5.41) is 0. The topological polar surface area (TPSA) is 3.88 Å². The number of halogens is 1. The van der Waals surface area contributed by atoms with Crippen LogP contribution in [0.2, 0.25) is 0 Å². The Labute approximate surface area is 88.2 Å². The summed E-state index contributed by atoms with van der Waals surface area (Å²) in [7, 11) is 0. The van der Waals surface area contributed by atoms with Crippen LogP contribution in [0.25, 0.3) is 0 Å². The Morgan fingerprint density at radius 2 is 2.00 bits per heavy atom. The fourth-order valence-electron chi connectivity index (χ4n) is 1.16. The van der Waals surface area contributed by atoms with Crippen molar-refractivity contribution in [2.24, 2.45) is 0 Å². The first-order valence-corrected chi connectivity index (χ1v) is 5.34. The van der Waals surface area contributed by atoms with Gasteiger partial charge in [-0.05, 0) is 17.8 Å². The zero-order valence-electron chi connectivity index (χ0n) is 7.91. The Morgan fingerprint density at radius 1 is 1.31 bits per heavy atom. The number of aromatic nitrogens is 1. The monoisotopic (exact) mass is 240 g/mol. The predicted molar refractivity (Wildman–Crippen MR) is 58.6 cm³/mol. The van der Waals surface area contributed by atoms with Crippen molar-refractivity contribution in [3.05, 3.63) is 41.2 Å². The fraction of sp³-hybridized carbons (Fsp3) is 0.364. The molecule has 0 aliphatic rings. The first-order valence-electron chi connectivity index (χ1n) is 4.55. The number of hydrogen-bond acceptors (Lipinski definition) is 0. The van der Waals surface area contributed by atoms with E-state index in [1.54, 1.807) is 0 Å². The Hall–Kier alpha value is -0.630. The molecule has 0 spiro atoms. The maximum atomic E-state index is 3.42. The van der Waals surface area contributed by atoms with Crippen molar-refractivity contribution in [3.8, 4) is 0 Å². The number of aryl methyl sites for hydroxylation is 1. The highest BCUT2D eigenvalue weighted by atomic mass is 79.9. The number of hydrogen-bond donors (Lipinski definition) is 0. The molecule has 1 heterocycles. The average Bonchev–Trinajstić information content (AvgIpc) is 2.14. The van der Waals surface area contributed by atoms with Gasteiger partial charge < -0.3 is 0 Å². The lowest BCUT2D eigenvalue weighted by molar-refractivity contribution is -0.697. The summed E-state index contributed by atoms with van der Waals surface area (Å²) in [5.41, 5.74) is 0. The van der Waals surface area contributed by atoms with Gasteiger partial charge in [0.2, 0.25) is 0 Å². The molecule has 0 aromatic carbocycles. The van der Waals surface area contributed by atoms with Crippen molar-refractivity contribution in [2.75, 3.05) is 0 Å². The number of nitrogens with zero attached hydrogens (tertiary/aromatic N) is 1. The number of pyridine rings is 1. The lowest BCUT2D eigenvalue weighted by atomic mass is 10.3. The van der Waals surface area contributed by atoms with Crippen molar-refractivity contribution in [1.82, 2.24) is 0 Å². The van der Waals surface area contributed by atoms with E-state index in [4.69, 9.17) is 0 Å². The van der Waals surface area contributed by atoms with Crippen LogP contribution in [0.5, 0.6) is 0 Å². The van der Waals surface area contributed by atoms with Gasteiger partial charge in [-0.3, -0.25) is 0 Å². The van der Waals surface area contributed by atoms with Gasteiger partial charge in [0.1, 0.15) is 6.54 Å². The first-order chi connectivity index (χ1) is 6.29. The molecule has 1 rings (SSSR count). The molecule has 0 atom stereocenters. The zero-order chi connectivity index (χ0) is 9.52. The lowest BCUT2D eigenvalue weighted by Crippen LogP contribution is -2.31. The highest BCUT2D eigenvalue weighted by molar-refractivity contribution is 9.11. The number of allylic oxidation sites excluding steroid dienone is 2. The Bertz CT molecular complexity index is 263. The summed E-state index contributed by atoms with van der Waals surface area (Å²) >= 11 is 3.42. The minimum absolute atomic E-state index is 1.09. The third-order valence-corrected chi connectivity index (χ3v) is 2.15. The highest BCUT2D eigenvalue weighted by Gasteiger charge is 1.95. The molecule has 0 aliphatic heterocycles. The van der Waals surface area contributed by atoms with Gasteiger partial charge >= 0.3 is 0 Å². The molecule has 0 N–H and O–H groups in total. The van der Waals surface area contributed by atoms with Crippen LogP contribution >= 0.6 is 15.9 Å². The molecule has 1 nitrogen and oxygen atoms in total. The Balaban J connectivity index is 2.25. The summed E-state index contributed by atoms with van der Waals surface area (Å²) in [4.78, 5) is 0. The SMILES string of the molecule is CC(Br)=CCCC[n+]1ccccc1.